The molecule has 2 aromatic carbocycles. The minimum Gasteiger partial charge on any atom is -0.497 e. The molecule has 2 saturated heterocycles. The molecule has 0 bridgehead atoms. The number of ether oxygens (including phenoxy) is 2. The Morgan fingerprint density at radius 3 is 2.39 bits per heavy atom. The van der Waals surface area contributed by atoms with E-state index in [4.69, 9.17) is 21.7 Å². The summed E-state index contributed by atoms with van der Waals surface area (Å²) in [4.78, 5) is 29.7. The largest absolute Gasteiger partial charge is 0.497 e. The Bertz CT molecular complexity index is 1130. The number of nitrogens with one attached hydrogen (secondary N) is 1. The summed E-state index contributed by atoms with van der Waals surface area (Å²) in [6.45, 7) is 4.97. The van der Waals surface area contributed by atoms with E-state index in [0.717, 1.165) is 17.0 Å². The van der Waals surface area contributed by atoms with Gasteiger partial charge in [0.05, 0.1) is 25.2 Å². The lowest BCUT2D eigenvalue weighted by molar-refractivity contribution is -0.384. The number of nitro groups is 1. The first-order valence-corrected chi connectivity index (χ1v) is 12.1. The van der Waals surface area contributed by atoms with E-state index in [1.54, 1.807) is 25.3 Å². The molecule has 2 aliphatic heterocycles. The standard InChI is InChI=1S/C25H29N5O5S/c1-34-21-6-2-19(3-7-21)4-9-24(31)26-25(36)29-12-10-27(11-13-29)20-5-8-22(30(32)33)23(18-20)28-14-16-35-17-15-28/h2-9,18H,10-17H2,1H3,(H,26,31,36)/b9-4+. The molecule has 2 heterocycles. The third kappa shape index (κ3) is 6.29. The molecule has 36 heavy (non-hydrogen) atoms. The highest BCUT2D eigenvalue weighted by atomic mass is 32.1. The zero-order valence-electron chi connectivity index (χ0n) is 20.1. The zero-order valence-corrected chi connectivity index (χ0v) is 20.9. The third-order valence-corrected chi connectivity index (χ3v) is 6.57. The van der Waals surface area contributed by atoms with E-state index in [-0.39, 0.29) is 16.5 Å². The Balaban J connectivity index is 1.32. The lowest BCUT2D eigenvalue weighted by atomic mass is 10.1. The highest BCUT2D eigenvalue weighted by Crippen LogP contribution is 2.33. The van der Waals surface area contributed by atoms with Crippen LogP contribution < -0.4 is 19.9 Å². The Morgan fingerprint density at radius 2 is 1.75 bits per heavy atom. The second-order valence-corrected chi connectivity index (χ2v) is 8.79. The van der Waals surface area contributed by atoms with Crippen molar-refractivity contribution in [1.82, 2.24) is 10.2 Å². The van der Waals surface area contributed by atoms with Crippen LogP contribution in [0.25, 0.3) is 6.08 Å². The van der Waals surface area contributed by atoms with Crippen molar-refractivity contribution in [3.8, 4) is 5.75 Å². The smallest absolute Gasteiger partial charge is 0.292 e. The summed E-state index contributed by atoms with van der Waals surface area (Å²) in [6, 6.07) is 12.6. The van der Waals surface area contributed by atoms with E-state index >= 15 is 0 Å². The average Bonchev–Trinajstić information content (AvgIpc) is 2.92. The minimum atomic E-state index is -0.337. The van der Waals surface area contributed by atoms with Gasteiger partial charge in [0.1, 0.15) is 11.4 Å². The number of amides is 1. The molecule has 4 rings (SSSR count). The van der Waals surface area contributed by atoms with E-state index < -0.39 is 0 Å². The molecule has 2 aliphatic rings. The van der Waals surface area contributed by atoms with Crippen LogP contribution in [0.4, 0.5) is 17.1 Å². The fraction of sp³-hybridized carbons (Fsp3) is 0.360. The van der Waals surface area contributed by atoms with Gasteiger partial charge in [0.15, 0.2) is 5.11 Å². The predicted molar refractivity (Wildman–Crippen MR) is 143 cm³/mol. The van der Waals surface area contributed by atoms with Crippen molar-refractivity contribution >= 4 is 46.4 Å². The number of methoxy groups -OCH3 is 1. The van der Waals surface area contributed by atoms with E-state index in [9.17, 15) is 14.9 Å². The number of benzene rings is 2. The summed E-state index contributed by atoms with van der Waals surface area (Å²) in [5.41, 5.74) is 2.53. The fourth-order valence-electron chi connectivity index (χ4n) is 4.20. The maximum atomic E-state index is 12.3. The predicted octanol–water partition coefficient (Wildman–Crippen LogP) is 2.68. The van der Waals surface area contributed by atoms with Crippen LogP contribution in [-0.2, 0) is 9.53 Å². The van der Waals surface area contributed by atoms with Crippen LogP contribution in [0.15, 0.2) is 48.5 Å². The molecule has 10 nitrogen and oxygen atoms in total. The van der Waals surface area contributed by atoms with Gasteiger partial charge in [0.2, 0.25) is 5.91 Å². The van der Waals surface area contributed by atoms with Crippen LogP contribution in [0.3, 0.4) is 0 Å². The number of rotatable bonds is 6. The second kappa shape index (κ2) is 11.8. The Hall–Kier alpha value is -3.70. The van der Waals surface area contributed by atoms with Gasteiger partial charge in [0, 0.05) is 57.1 Å². The maximum absolute atomic E-state index is 12.3. The molecule has 0 aliphatic carbocycles. The SMILES string of the molecule is COc1ccc(/C=C/C(=O)NC(=S)N2CCN(c3ccc([N+](=O)[O-])c(N4CCOCC4)c3)CC2)cc1. The number of piperazine rings is 1. The van der Waals surface area contributed by atoms with Gasteiger partial charge in [-0.05, 0) is 48.1 Å². The normalized spacial score (nSPS) is 16.2. The van der Waals surface area contributed by atoms with Crippen molar-refractivity contribution in [1.29, 1.82) is 0 Å². The molecule has 0 radical (unpaired) electrons. The first-order chi connectivity index (χ1) is 17.4. The van der Waals surface area contributed by atoms with Crippen LogP contribution >= 0.6 is 12.2 Å². The van der Waals surface area contributed by atoms with Gasteiger partial charge in [-0.15, -0.1) is 0 Å². The van der Waals surface area contributed by atoms with Gasteiger partial charge >= 0.3 is 0 Å². The highest BCUT2D eigenvalue weighted by Gasteiger charge is 2.25. The van der Waals surface area contributed by atoms with Crippen molar-refractivity contribution in [3.63, 3.8) is 0 Å². The molecule has 190 valence electrons. The number of anilines is 2. The Morgan fingerprint density at radius 1 is 1.06 bits per heavy atom. The molecule has 0 aromatic heterocycles. The molecular weight excluding hydrogens is 482 g/mol. The Labute approximate surface area is 215 Å². The molecule has 0 saturated carbocycles. The number of thiocarbonyl (C=S) groups is 1. The lowest BCUT2D eigenvalue weighted by Crippen LogP contribution is -2.52. The number of carbonyl (C=O) groups is 1. The van der Waals surface area contributed by atoms with Crippen LogP contribution in [0.5, 0.6) is 5.75 Å². The van der Waals surface area contributed by atoms with Crippen molar-refractivity contribution in [3.05, 3.63) is 64.2 Å². The third-order valence-electron chi connectivity index (χ3n) is 6.21. The summed E-state index contributed by atoms with van der Waals surface area (Å²) < 4.78 is 10.5. The molecule has 1 amide bonds. The molecule has 2 fully saturated rings. The molecule has 2 aromatic rings. The van der Waals surface area contributed by atoms with Crippen molar-refractivity contribution in [2.45, 2.75) is 0 Å². The summed E-state index contributed by atoms with van der Waals surface area (Å²) >= 11 is 5.45. The van der Waals surface area contributed by atoms with Crippen molar-refractivity contribution in [2.75, 3.05) is 69.4 Å². The number of hydrogen-bond acceptors (Lipinski definition) is 8. The molecule has 0 atom stereocenters. The number of nitro benzene ring substituents is 1. The van der Waals surface area contributed by atoms with Crippen LogP contribution in [0.2, 0.25) is 0 Å². The van der Waals surface area contributed by atoms with Gasteiger partial charge in [-0.25, -0.2) is 0 Å². The summed E-state index contributed by atoms with van der Waals surface area (Å²) in [7, 11) is 1.60. The number of morpholine rings is 1. The molecule has 0 unspecified atom stereocenters. The average molecular weight is 512 g/mol. The number of nitrogens with zero attached hydrogens (tertiary/aromatic N) is 4. The molecule has 0 spiro atoms. The van der Waals surface area contributed by atoms with E-state index in [1.807, 2.05) is 40.1 Å². The summed E-state index contributed by atoms with van der Waals surface area (Å²) in [5.74, 6) is 0.465. The summed E-state index contributed by atoms with van der Waals surface area (Å²) in [6.07, 6.45) is 3.17. The van der Waals surface area contributed by atoms with Crippen molar-refractivity contribution < 1.29 is 19.2 Å². The monoisotopic (exact) mass is 511 g/mol. The highest BCUT2D eigenvalue weighted by molar-refractivity contribution is 7.80. The van der Waals surface area contributed by atoms with Crippen LogP contribution in [0.1, 0.15) is 5.56 Å². The van der Waals surface area contributed by atoms with Gasteiger partial charge in [0.25, 0.3) is 5.69 Å². The molecule has 1 N–H and O–H groups in total. The second-order valence-electron chi connectivity index (χ2n) is 8.40. The zero-order chi connectivity index (χ0) is 25.5. The lowest BCUT2D eigenvalue weighted by Gasteiger charge is -2.37. The number of carbonyl (C=O) groups excluding carboxylic acids is 1. The number of hydrogen-bond donors (Lipinski definition) is 1. The van der Waals surface area contributed by atoms with Gasteiger partial charge < -0.3 is 24.2 Å². The Kier molecular flexibility index (Phi) is 8.34. The fourth-order valence-corrected chi connectivity index (χ4v) is 4.48. The van der Waals surface area contributed by atoms with Crippen LogP contribution in [0, 0.1) is 10.1 Å². The molecule has 11 heteroatoms. The summed E-state index contributed by atoms with van der Waals surface area (Å²) in [5, 5.41) is 14.7. The van der Waals surface area contributed by atoms with Gasteiger partial charge in [-0.1, -0.05) is 12.1 Å². The van der Waals surface area contributed by atoms with E-state index in [1.165, 1.54) is 6.08 Å². The van der Waals surface area contributed by atoms with Crippen LogP contribution in [-0.4, -0.2) is 80.4 Å². The van der Waals surface area contributed by atoms with Crippen molar-refractivity contribution in [2.24, 2.45) is 0 Å². The first kappa shape index (κ1) is 25.4. The molecular formula is C25H29N5O5S. The van der Waals surface area contributed by atoms with E-state index in [0.29, 0.717) is 63.3 Å². The van der Waals surface area contributed by atoms with Gasteiger partial charge in [-0.3, -0.25) is 20.2 Å². The minimum absolute atomic E-state index is 0.103. The van der Waals surface area contributed by atoms with E-state index in [2.05, 4.69) is 10.2 Å². The quantitative estimate of drug-likeness (QED) is 0.272. The maximum Gasteiger partial charge on any atom is 0.292 e. The topological polar surface area (TPSA) is 100 Å². The first-order valence-electron chi connectivity index (χ1n) is 11.7. The van der Waals surface area contributed by atoms with Gasteiger partial charge in [-0.2, -0.15) is 0 Å².